The number of hydrogen-bond donors (Lipinski definition) is 1. The summed E-state index contributed by atoms with van der Waals surface area (Å²) in [5.41, 5.74) is 1.08. The zero-order chi connectivity index (χ0) is 12.2. The first kappa shape index (κ1) is 13.9. The third kappa shape index (κ3) is 8.50. The minimum absolute atomic E-state index is 0.0648. The van der Waals surface area contributed by atoms with Crippen LogP contribution in [0.5, 0.6) is 0 Å². The summed E-state index contributed by atoms with van der Waals surface area (Å²) in [5, 5.41) is 7.77. The van der Waals surface area contributed by atoms with Crippen LogP contribution in [0.15, 0.2) is 43.0 Å². The lowest BCUT2D eigenvalue weighted by Crippen LogP contribution is -1.98. The molecule has 16 heavy (non-hydrogen) atoms. The minimum Gasteiger partial charge on any atom is -0.450 e. The first-order valence-corrected chi connectivity index (χ1v) is 4.65. The highest BCUT2D eigenvalue weighted by atomic mass is 16.7. The van der Waals surface area contributed by atoms with Gasteiger partial charge in [-0.05, 0) is 5.56 Å². The quantitative estimate of drug-likeness (QED) is 0.482. The summed E-state index contributed by atoms with van der Waals surface area (Å²) in [4.78, 5) is 19.5. The Morgan fingerprint density at radius 2 is 2.00 bits per heavy atom. The van der Waals surface area contributed by atoms with Crippen LogP contribution in [0.1, 0.15) is 5.56 Å². The highest BCUT2D eigenvalue weighted by Crippen LogP contribution is 1.96. The SMILES string of the molecule is C=CCOC(=O)O.O=CCc1ccccc1. The molecule has 0 heterocycles. The van der Waals surface area contributed by atoms with E-state index in [4.69, 9.17) is 5.11 Å². The average molecular weight is 222 g/mol. The van der Waals surface area contributed by atoms with Crippen LogP contribution in [0.3, 0.4) is 0 Å². The lowest BCUT2D eigenvalue weighted by Gasteiger charge is -1.89. The lowest BCUT2D eigenvalue weighted by atomic mass is 10.2. The minimum atomic E-state index is -1.26. The predicted octanol–water partition coefficient (Wildman–Crippen LogP) is 2.29. The van der Waals surface area contributed by atoms with Gasteiger partial charge in [-0.3, -0.25) is 0 Å². The second kappa shape index (κ2) is 9.45. The van der Waals surface area contributed by atoms with E-state index in [9.17, 15) is 9.59 Å². The molecule has 0 aromatic heterocycles. The van der Waals surface area contributed by atoms with Crippen LogP contribution >= 0.6 is 0 Å². The molecule has 86 valence electrons. The zero-order valence-corrected chi connectivity index (χ0v) is 8.83. The van der Waals surface area contributed by atoms with Crippen molar-refractivity contribution in [3.05, 3.63) is 48.6 Å². The molecule has 0 fully saturated rings. The first-order chi connectivity index (χ1) is 7.70. The molecule has 0 saturated carbocycles. The van der Waals surface area contributed by atoms with E-state index in [2.05, 4.69) is 11.3 Å². The summed E-state index contributed by atoms with van der Waals surface area (Å²) in [5.74, 6) is 0. The molecule has 0 aliphatic carbocycles. The molecule has 0 saturated heterocycles. The van der Waals surface area contributed by atoms with Crippen LogP contribution < -0.4 is 0 Å². The van der Waals surface area contributed by atoms with Crippen molar-refractivity contribution >= 4 is 12.4 Å². The van der Waals surface area contributed by atoms with Crippen molar-refractivity contribution in [2.45, 2.75) is 6.42 Å². The van der Waals surface area contributed by atoms with E-state index in [1.807, 2.05) is 30.3 Å². The predicted molar refractivity (Wildman–Crippen MR) is 60.4 cm³/mol. The summed E-state index contributed by atoms with van der Waals surface area (Å²) in [6.45, 7) is 3.31. The Bertz CT molecular complexity index is 319. The molecule has 0 aliphatic heterocycles. The van der Waals surface area contributed by atoms with Crippen molar-refractivity contribution in [3.8, 4) is 0 Å². The molecule has 1 aromatic carbocycles. The number of rotatable bonds is 4. The fourth-order valence-corrected chi connectivity index (χ4v) is 0.841. The Labute approximate surface area is 94.2 Å². The molecule has 0 amide bonds. The molecule has 0 bridgehead atoms. The Morgan fingerprint density at radius 3 is 2.38 bits per heavy atom. The van der Waals surface area contributed by atoms with Gasteiger partial charge in [0.05, 0.1) is 0 Å². The fourth-order valence-electron chi connectivity index (χ4n) is 0.841. The molecular weight excluding hydrogens is 208 g/mol. The largest absolute Gasteiger partial charge is 0.506 e. The van der Waals surface area contributed by atoms with Crippen LogP contribution in [0.25, 0.3) is 0 Å². The van der Waals surface area contributed by atoms with Crippen LogP contribution in [0.2, 0.25) is 0 Å². The molecule has 0 unspecified atom stereocenters. The van der Waals surface area contributed by atoms with Crippen molar-refractivity contribution in [1.82, 2.24) is 0 Å². The molecule has 1 N–H and O–H groups in total. The summed E-state index contributed by atoms with van der Waals surface area (Å²) in [6, 6.07) is 9.68. The van der Waals surface area contributed by atoms with Gasteiger partial charge < -0.3 is 14.6 Å². The van der Waals surface area contributed by atoms with Gasteiger partial charge >= 0.3 is 6.16 Å². The number of ether oxygens (including phenoxy) is 1. The fraction of sp³-hybridized carbons (Fsp3) is 0.167. The highest BCUT2D eigenvalue weighted by molar-refractivity contribution is 5.56. The van der Waals surface area contributed by atoms with E-state index < -0.39 is 6.16 Å². The van der Waals surface area contributed by atoms with Gasteiger partial charge in [-0.15, -0.1) is 0 Å². The van der Waals surface area contributed by atoms with Crippen molar-refractivity contribution < 1.29 is 19.4 Å². The monoisotopic (exact) mass is 222 g/mol. The van der Waals surface area contributed by atoms with Gasteiger partial charge in [0.1, 0.15) is 12.9 Å². The molecule has 0 radical (unpaired) electrons. The van der Waals surface area contributed by atoms with Crippen molar-refractivity contribution in [2.75, 3.05) is 6.61 Å². The van der Waals surface area contributed by atoms with Crippen molar-refractivity contribution in [2.24, 2.45) is 0 Å². The van der Waals surface area contributed by atoms with Gasteiger partial charge in [0, 0.05) is 6.42 Å². The molecule has 4 nitrogen and oxygen atoms in total. The second-order valence-corrected chi connectivity index (χ2v) is 2.72. The number of benzene rings is 1. The second-order valence-electron chi connectivity index (χ2n) is 2.72. The average Bonchev–Trinajstić information content (AvgIpc) is 2.29. The van der Waals surface area contributed by atoms with Crippen LogP contribution in [-0.2, 0) is 16.0 Å². The van der Waals surface area contributed by atoms with E-state index in [0.29, 0.717) is 6.42 Å². The molecular formula is C12H14O4. The van der Waals surface area contributed by atoms with Crippen molar-refractivity contribution in [1.29, 1.82) is 0 Å². The third-order valence-electron chi connectivity index (χ3n) is 1.49. The standard InChI is InChI=1S/C8H8O.C4H6O3/c9-7-6-8-4-2-1-3-5-8;1-2-3-7-4(5)6/h1-5,7H,6H2;2H,1,3H2,(H,5,6). The molecule has 4 heteroatoms. The van der Waals surface area contributed by atoms with Gasteiger partial charge in [-0.25, -0.2) is 4.79 Å². The number of hydrogen-bond acceptors (Lipinski definition) is 3. The summed E-state index contributed by atoms with van der Waals surface area (Å²) < 4.78 is 3.99. The Balaban J connectivity index is 0.000000293. The number of carbonyl (C=O) groups is 2. The Kier molecular flexibility index (Phi) is 8.21. The molecule has 0 spiro atoms. The zero-order valence-electron chi connectivity index (χ0n) is 8.83. The molecule has 0 atom stereocenters. The van der Waals surface area contributed by atoms with Crippen LogP contribution in [-0.4, -0.2) is 24.2 Å². The maximum Gasteiger partial charge on any atom is 0.506 e. The summed E-state index contributed by atoms with van der Waals surface area (Å²) in [6.07, 6.45) is 1.55. The highest BCUT2D eigenvalue weighted by Gasteiger charge is 1.88. The van der Waals surface area contributed by atoms with E-state index in [-0.39, 0.29) is 6.61 Å². The number of aldehydes is 1. The topological polar surface area (TPSA) is 63.6 Å². The third-order valence-corrected chi connectivity index (χ3v) is 1.49. The van der Waals surface area contributed by atoms with Gasteiger partial charge in [0.25, 0.3) is 0 Å². The first-order valence-electron chi connectivity index (χ1n) is 4.65. The summed E-state index contributed by atoms with van der Waals surface area (Å²) >= 11 is 0. The summed E-state index contributed by atoms with van der Waals surface area (Å²) in [7, 11) is 0. The van der Waals surface area contributed by atoms with E-state index in [1.165, 1.54) is 6.08 Å². The Hall–Kier alpha value is -2.10. The normalized spacial score (nSPS) is 8.25. The van der Waals surface area contributed by atoms with Crippen molar-refractivity contribution in [3.63, 3.8) is 0 Å². The Morgan fingerprint density at radius 1 is 1.38 bits per heavy atom. The maximum absolute atomic E-state index is 9.97. The van der Waals surface area contributed by atoms with E-state index in [1.54, 1.807) is 0 Å². The van der Waals surface area contributed by atoms with Gasteiger partial charge in [-0.1, -0.05) is 43.0 Å². The van der Waals surface area contributed by atoms with Gasteiger partial charge in [0.15, 0.2) is 0 Å². The van der Waals surface area contributed by atoms with Crippen LogP contribution in [0, 0.1) is 0 Å². The van der Waals surface area contributed by atoms with Gasteiger partial charge in [-0.2, -0.15) is 0 Å². The molecule has 0 aliphatic rings. The van der Waals surface area contributed by atoms with Crippen LogP contribution in [0.4, 0.5) is 4.79 Å². The number of carboxylic acid groups (broad SMARTS) is 1. The van der Waals surface area contributed by atoms with Gasteiger partial charge in [0.2, 0.25) is 0 Å². The smallest absolute Gasteiger partial charge is 0.450 e. The van der Waals surface area contributed by atoms with E-state index in [0.717, 1.165) is 11.8 Å². The lowest BCUT2D eigenvalue weighted by molar-refractivity contribution is -0.107. The van der Waals surface area contributed by atoms with E-state index >= 15 is 0 Å². The molecule has 1 aromatic rings. The molecule has 1 rings (SSSR count). The number of carbonyl (C=O) groups excluding carboxylic acids is 1. The maximum atomic E-state index is 9.97.